The van der Waals surface area contributed by atoms with Crippen molar-refractivity contribution in [2.24, 2.45) is 0 Å². The zero-order chi connectivity index (χ0) is 21.5. The molecular weight excluding hydrogens is 410 g/mol. The molecule has 0 atom stereocenters. The highest BCUT2D eigenvalue weighted by Crippen LogP contribution is 2.29. The number of benzene rings is 2. The van der Waals surface area contributed by atoms with Gasteiger partial charge in [-0.3, -0.25) is 4.57 Å². The molecule has 0 unspecified atom stereocenters. The zero-order valence-corrected chi connectivity index (χ0v) is 18.3. The van der Waals surface area contributed by atoms with E-state index >= 15 is 0 Å². The van der Waals surface area contributed by atoms with Crippen molar-refractivity contribution in [3.63, 3.8) is 0 Å². The fourth-order valence-corrected chi connectivity index (χ4v) is 4.35. The van der Waals surface area contributed by atoms with E-state index in [-0.39, 0.29) is 5.75 Å². The number of fused-ring (bicyclic) bond motifs is 1. The molecule has 2 aromatic carbocycles. The van der Waals surface area contributed by atoms with E-state index in [0.29, 0.717) is 0 Å². The molecule has 0 radical (unpaired) electrons. The summed E-state index contributed by atoms with van der Waals surface area (Å²) in [5, 5.41) is 11.3. The number of halogens is 1. The molecule has 1 aliphatic rings. The topological polar surface area (TPSA) is 57.4 Å². The molecule has 6 nitrogen and oxygen atoms in total. The fraction of sp³-hybridized carbons (Fsp3) is 0.250. The van der Waals surface area contributed by atoms with Crippen molar-refractivity contribution in [2.75, 3.05) is 36.0 Å². The van der Waals surface area contributed by atoms with Crippen LogP contribution in [-0.4, -0.2) is 45.8 Å². The van der Waals surface area contributed by atoms with E-state index in [4.69, 9.17) is 21.6 Å². The highest BCUT2D eigenvalue weighted by Gasteiger charge is 2.21. The van der Waals surface area contributed by atoms with Crippen LogP contribution in [0.4, 0.5) is 11.6 Å². The number of phenolic OH excluding ortho intramolecular Hbond substituents is 1. The standard InChI is InChI=1S/C24H24ClN5O/c1-16-4-3-5-21(22(16)25)30-11-10-20-17(2)26-24(27-23(20)30)29-14-12-28(13-15-29)18-6-8-19(31)9-7-18/h3-11,31H,12-15H2,1-2H3. The van der Waals surface area contributed by atoms with Crippen LogP contribution in [0.2, 0.25) is 5.02 Å². The number of anilines is 2. The second kappa shape index (κ2) is 7.78. The summed E-state index contributed by atoms with van der Waals surface area (Å²) in [5.41, 5.74) is 4.92. The molecule has 0 aliphatic carbocycles. The first-order chi connectivity index (χ1) is 15.0. The Morgan fingerprint density at radius 2 is 1.58 bits per heavy atom. The van der Waals surface area contributed by atoms with Crippen LogP contribution >= 0.6 is 11.6 Å². The van der Waals surface area contributed by atoms with Gasteiger partial charge in [-0.15, -0.1) is 0 Å². The SMILES string of the molecule is Cc1cccc(-n2ccc3c(C)nc(N4CCN(c5ccc(O)cc5)CC4)nc32)c1Cl. The third kappa shape index (κ3) is 3.57. The predicted octanol–water partition coefficient (Wildman–Crippen LogP) is 4.72. The van der Waals surface area contributed by atoms with Crippen molar-refractivity contribution < 1.29 is 5.11 Å². The smallest absolute Gasteiger partial charge is 0.227 e. The molecule has 0 spiro atoms. The second-order valence-corrected chi connectivity index (χ2v) is 8.31. The van der Waals surface area contributed by atoms with Crippen LogP contribution in [0.15, 0.2) is 54.7 Å². The maximum atomic E-state index is 9.52. The van der Waals surface area contributed by atoms with Crippen LogP contribution in [-0.2, 0) is 0 Å². The minimum atomic E-state index is 0.288. The molecule has 0 bridgehead atoms. The van der Waals surface area contributed by atoms with Gasteiger partial charge in [0.1, 0.15) is 11.4 Å². The number of aromatic hydroxyl groups is 1. The normalized spacial score (nSPS) is 14.4. The largest absolute Gasteiger partial charge is 0.508 e. The Morgan fingerprint density at radius 3 is 2.32 bits per heavy atom. The average molecular weight is 434 g/mol. The zero-order valence-electron chi connectivity index (χ0n) is 17.6. The van der Waals surface area contributed by atoms with Crippen molar-refractivity contribution in [1.29, 1.82) is 0 Å². The Morgan fingerprint density at radius 1 is 0.871 bits per heavy atom. The van der Waals surface area contributed by atoms with E-state index in [1.807, 2.05) is 50.4 Å². The Labute approximate surface area is 186 Å². The van der Waals surface area contributed by atoms with Crippen LogP contribution in [0.3, 0.4) is 0 Å². The summed E-state index contributed by atoms with van der Waals surface area (Å²) in [5.74, 6) is 1.04. The first-order valence-corrected chi connectivity index (χ1v) is 10.8. The first kappa shape index (κ1) is 19.7. The van der Waals surface area contributed by atoms with E-state index in [0.717, 1.165) is 70.8 Å². The molecular formula is C24H24ClN5O. The minimum absolute atomic E-state index is 0.288. The maximum Gasteiger partial charge on any atom is 0.227 e. The molecule has 0 saturated carbocycles. The van der Waals surface area contributed by atoms with Gasteiger partial charge in [-0.1, -0.05) is 23.7 Å². The van der Waals surface area contributed by atoms with Crippen molar-refractivity contribution in [3.8, 4) is 11.4 Å². The van der Waals surface area contributed by atoms with Crippen LogP contribution in [0.1, 0.15) is 11.3 Å². The van der Waals surface area contributed by atoms with Gasteiger partial charge in [0, 0.05) is 43.4 Å². The summed E-state index contributed by atoms with van der Waals surface area (Å²) >= 11 is 6.60. The van der Waals surface area contributed by atoms with Crippen molar-refractivity contribution >= 4 is 34.3 Å². The molecule has 1 saturated heterocycles. The molecule has 3 heterocycles. The Balaban J connectivity index is 1.45. The average Bonchev–Trinajstić information content (AvgIpc) is 3.21. The van der Waals surface area contributed by atoms with Crippen molar-refractivity contribution in [1.82, 2.24) is 14.5 Å². The summed E-state index contributed by atoms with van der Waals surface area (Å²) < 4.78 is 2.05. The number of hydrogen-bond donors (Lipinski definition) is 1. The summed E-state index contributed by atoms with van der Waals surface area (Å²) in [6, 6.07) is 15.5. The minimum Gasteiger partial charge on any atom is -0.508 e. The Bertz CT molecular complexity index is 1240. The van der Waals surface area contributed by atoms with Gasteiger partial charge in [-0.05, 0) is 55.8 Å². The van der Waals surface area contributed by atoms with Gasteiger partial charge in [0.25, 0.3) is 0 Å². The monoisotopic (exact) mass is 433 g/mol. The van der Waals surface area contributed by atoms with E-state index in [1.165, 1.54) is 0 Å². The lowest BCUT2D eigenvalue weighted by atomic mass is 10.2. The molecule has 7 heteroatoms. The van der Waals surface area contributed by atoms with Crippen LogP contribution in [0.25, 0.3) is 16.7 Å². The Hall–Kier alpha value is -3.25. The van der Waals surface area contributed by atoms with Gasteiger partial charge in [-0.2, -0.15) is 4.98 Å². The van der Waals surface area contributed by atoms with Gasteiger partial charge in [0.2, 0.25) is 5.95 Å². The van der Waals surface area contributed by atoms with Crippen molar-refractivity contribution in [3.05, 3.63) is 71.0 Å². The molecule has 0 amide bonds. The van der Waals surface area contributed by atoms with E-state index in [9.17, 15) is 5.11 Å². The highest BCUT2D eigenvalue weighted by molar-refractivity contribution is 6.33. The number of aryl methyl sites for hydroxylation is 2. The number of phenols is 1. The summed E-state index contributed by atoms with van der Waals surface area (Å²) in [6.45, 7) is 7.44. The van der Waals surface area contributed by atoms with Gasteiger partial charge >= 0.3 is 0 Å². The van der Waals surface area contributed by atoms with Gasteiger partial charge < -0.3 is 14.9 Å². The van der Waals surface area contributed by atoms with Crippen LogP contribution < -0.4 is 9.80 Å². The summed E-state index contributed by atoms with van der Waals surface area (Å²) in [4.78, 5) is 14.3. The quantitative estimate of drug-likeness (QED) is 0.506. The lowest BCUT2D eigenvalue weighted by Crippen LogP contribution is -2.47. The summed E-state index contributed by atoms with van der Waals surface area (Å²) in [7, 11) is 0. The van der Waals surface area contributed by atoms with Crippen molar-refractivity contribution in [2.45, 2.75) is 13.8 Å². The van der Waals surface area contributed by atoms with Crippen LogP contribution in [0.5, 0.6) is 5.75 Å². The van der Waals surface area contributed by atoms with E-state index in [1.54, 1.807) is 12.1 Å². The van der Waals surface area contributed by atoms with Crippen LogP contribution in [0, 0.1) is 13.8 Å². The fourth-order valence-electron chi connectivity index (χ4n) is 4.13. The third-order valence-electron chi connectivity index (χ3n) is 5.93. The molecule has 158 valence electrons. The van der Waals surface area contributed by atoms with E-state index < -0.39 is 0 Å². The lowest BCUT2D eigenvalue weighted by Gasteiger charge is -2.36. The molecule has 31 heavy (non-hydrogen) atoms. The molecule has 1 aliphatic heterocycles. The van der Waals surface area contributed by atoms with Gasteiger partial charge in [0.05, 0.1) is 16.4 Å². The van der Waals surface area contributed by atoms with Gasteiger partial charge in [0.15, 0.2) is 0 Å². The second-order valence-electron chi connectivity index (χ2n) is 7.93. The molecule has 2 aromatic heterocycles. The number of aromatic nitrogens is 3. The van der Waals surface area contributed by atoms with Gasteiger partial charge in [-0.25, -0.2) is 4.98 Å². The maximum absolute atomic E-state index is 9.52. The van der Waals surface area contributed by atoms with E-state index in [2.05, 4.69) is 20.4 Å². The number of rotatable bonds is 3. The highest BCUT2D eigenvalue weighted by atomic mass is 35.5. The molecule has 5 rings (SSSR count). The Kier molecular flexibility index (Phi) is 4.94. The third-order valence-corrected chi connectivity index (χ3v) is 6.42. The molecule has 4 aromatic rings. The molecule has 1 N–H and O–H groups in total. The number of piperazine rings is 1. The predicted molar refractivity (Wildman–Crippen MR) is 126 cm³/mol. The number of hydrogen-bond acceptors (Lipinski definition) is 5. The number of nitrogens with zero attached hydrogens (tertiary/aromatic N) is 5. The lowest BCUT2D eigenvalue weighted by molar-refractivity contribution is 0.475. The molecule has 1 fully saturated rings. The first-order valence-electron chi connectivity index (χ1n) is 10.4. The summed E-state index contributed by atoms with van der Waals surface area (Å²) in [6.07, 6.45) is 2.01.